The third kappa shape index (κ3) is 1.16. The smallest absolute Gasteiger partial charge is 0.113 e. The highest BCUT2D eigenvalue weighted by molar-refractivity contribution is 7.17. The lowest BCUT2D eigenvalue weighted by atomic mass is 9.94. The number of hydrogen-bond acceptors (Lipinski definition) is 1. The predicted molar refractivity (Wildman–Crippen MR) is 56.6 cm³/mol. The molecule has 0 spiro atoms. The largest absolute Gasteiger partial charge is 0.144 e. The molecule has 0 fully saturated rings. The molecule has 0 saturated heterocycles. The van der Waals surface area contributed by atoms with E-state index in [-0.39, 0.29) is 0 Å². The second-order valence-electron chi connectivity index (χ2n) is 2.87. The fourth-order valence-electron chi connectivity index (χ4n) is 1.37. The van der Waals surface area contributed by atoms with E-state index in [2.05, 4.69) is 24.4 Å². The Morgan fingerprint density at radius 1 is 1.42 bits per heavy atom. The van der Waals surface area contributed by atoms with Gasteiger partial charge >= 0.3 is 0 Å². The summed E-state index contributed by atoms with van der Waals surface area (Å²) in [7, 11) is 5.71. The molecule has 0 N–H and O–H groups in total. The molecular weight excluding hydrogens is 163 g/mol. The van der Waals surface area contributed by atoms with Gasteiger partial charge in [0.15, 0.2) is 0 Å². The van der Waals surface area contributed by atoms with Gasteiger partial charge in [-0.25, -0.2) is 0 Å². The van der Waals surface area contributed by atoms with Crippen molar-refractivity contribution in [1.82, 2.24) is 0 Å². The molecule has 0 nitrogen and oxygen atoms in total. The van der Waals surface area contributed by atoms with Crippen LogP contribution in [0.2, 0.25) is 0 Å². The normalized spacial score (nSPS) is 10.8. The zero-order valence-electron chi connectivity index (χ0n) is 7.00. The van der Waals surface area contributed by atoms with Gasteiger partial charge in [-0.15, -0.1) is 11.3 Å². The Labute approximate surface area is 77.6 Å². The summed E-state index contributed by atoms with van der Waals surface area (Å²) >= 11 is 1.79. The number of thiophene rings is 1. The standard InChI is InChI=1S/C10H9BS/c1-2-7-6-12-10-4-3-8(11)5-9(7)10/h3-6H,2H2,1H3. The van der Waals surface area contributed by atoms with Crippen molar-refractivity contribution < 1.29 is 0 Å². The van der Waals surface area contributed by atoms with Gasteiger partial charge in [0.2, 0.25) is 0 Å². The van der Waals surface area contributed by atoms with Crippen molar-refractivity contribution >= 4 is 34.7 Å². The van der Waals surface area contributed by atoms with E-state index in [1.165, 1.54) is 15.6 Å². The molecule has 12 heavy (non-hydrogen) atoms. The van der Waals surface area contributed by atoms with Crippen LogP contribution in [0.4, 0.5) is 0 Å². The first-order valence-corrected chi connectivity index (χ1v) is 4.95. The molecule has 0 saturated carbocycles. The Balaban J connectivity index is 2.75. The van der Waals surface area contributed by atoms with Crippen LogP contribution in [0, 0.1) is 0 Å². The maximum Gasteiger partial charge on any atom is 0.113 e. The highest BCUT2D eigenvalue weighted by Gasteiger charge is 2.00. The first kappa shape index (κ1) is 7.87. The van der Waals surface area contributed by atoms with Crippen LogP contribution in [0.1, 0.15) is 12.5 Å². The average Bonchev–Trinajstić information content (AvgIpc) is 2.46. The highest BCUT2D eigenvalue weighted by Crippen LogP contribution is 2.24. The Bertz CT molecular complexity index is 403. The number of rotatable bonds is 1. The molecule has 2 aromatic rings. The summed E-state index contributed by atoms with van der Waals surface area (Å²) in [4.78, 5) is 0. The van der Waals surface area contributed by atoms with Gasteiger partial charge in [0.25, 0.3) is 0 Å². The third-order valence-electron chi connectivity index (χ3n) is 2.06. The lowest BCUT2D eigenvalue weighted by Crippen LogP contribution is -1.99. The molecular formula is C10H9BS. The topological polar surface area (TPSA) is 0 Å². The monoisotopic (exact) mass is 172 g/mol. The number of benzene rings is 1. The van der Waals surface area contributed by atoms with Gasteiger partial charge in [-0.3, -0.25) is 0 Å². The molecule has 0 atom stereocenters. The van der Waals surface area contributed by atoms with Gasteiger partial charge in [-0.2, -0.15) is 0 Å². The van der Waals surface area contributed by atoms with Crippen LogP contribution in [-0.2, 0) is 6.42 Å². The molecule has 1 heterocycles. The van der Waals surface area contributed by atoms with Crippen molar-refractivity contribution in [3.05, 3.63) is 29.1 Å². The van der Waals surface area contributed by atoms with Crippen molar-refractivity contribution in [2.75, 3.05) is 0 Å². The van der Waals surface area contributed by atoms with Crippen molar-refractivity contribution in [3.8, 4) is 0 Å². The molecule has 0 unspecified atom stereocenters. The van der Waals surface area contributed by atoms with E-state index < -0.39 is 0 Å². The second-order valence-corrected chi connectivity index (χ2v) is 3.78. The molecule has 2 rings (SSSR count). The Morgan fingerprint density at radius 3 is 3.00 bits per heavy atom. The molecule has 1 aromatic heterocycles. The van der Waals surface area contributed by atoms with Crippen molar-refractivity contribution in [3.63, 3.8) is 0 Å². The van der Waals surface area contributed by atoms with Gasteiger partial charge in [-0.05, 0) is 28.8 Å². The van der Waals surface area contributed by atoms with Crippen LogP contribution in [-0.4, -0.2) is 7.85 Å². The summed E-state index contributed by atoms with van der Waals surface area (Å²) in [5.41, 5.74) is 2.26. The Hall–Kier alpha value is -0.755. The predicted octanol–water partition coefficient (Wildman–Crippen LogP) is 2.26. The van der Waals surface area contributed by atoms with Crippen LogP contribution < -0.4 is 5.46 Å². The first-order valence-electron chi connectivity index (χ1n) is 4.07. The zero-order valence-corrected chi connectivity index (χ0v) is 7.82. The summed E-state index contributed by atoms with van der Waals surface area (Å²) < 4.78 is 1.33. The maximum absolute atomic E-state index is 5.71. The second kappa shape index (κ2) is 2.94. The maximum atomic E-state index is 5.71. The molecule has 2 heteroatoms. The fourth-order valence-corrected chi connectivity index (χ4v) is 2.40. The van der Waals surface area contributed by atoms with E-state index in [4.69, 9.17) is 7.85 Å². The molecule has 0 aliphatic carbocycles. The minimum absolute atomic E-state index is 0.857. The summed E-state index contributed by atoms with van der Waals surface area (Å²) in [6.45, 7) is 2.17. The lowest BCUT2D eigenvalue weighted by Gasteiger charge is -1.95. The van der Waals surface area contributed by atoms with Crippen LogP contribution in [0.25, 0.3) is 10.1 Å². The quantitative estimate of drug-likeness (QED) is 0.578. The molecule has 0 aliphatic heterocycles. The van der Waals surface area contributed by atoms with Gasteiger partial charge < -0.3 is 0 Å². The summed E-state index contributed by atoms with van der Waals surface area (Å²) in [6, 6.07) is 6.11. The van der Waals surface area contributed by atoms with E-state index in [9.17, 15) is 0 Å². The summed E-state index contributed by atoms with van der Waals surface area (Å²) in [5.74, 6) is 0. The lowest BCUT2D eigenvalue weighted by molar-refractivity contribution is 1.17. The summed E-state index contributed by atoms with van der Waals surface area (Å²) in [6.07, 6.45) is 1.09. The van der Waals surface area contributed by atoms with E-state index >= 15 is 0 Å². The summed E-state index contributed by atoms with van der Waals surface area (Å²) in [5, 5.41) is 3.53. The number of fused-ring (bicyclic) bond motifs is 1. The fraction of sp³-hybridized carbons (Fsp3) is 0.200. The third-order valence-corrected chi connectivity index (χ3v) is 3.07. The zero-order chi connectivity index (χ0) is 8.55. The van der Waals surface area contributed by atoms with E-state index in [0.717, 1.165) is 11.9 Å². The SMILES string of the molecule is [B]c1ccc2scc(CC)c2c1. The Kier molecular flexibility index (Phi) is 1.93. The van der Waals surface area contributed by atoms with E-state index in [0.29, 0.717) is 0 Å². The van der Waals surface area contributed by atoms with Gasteiger partial charge in [0.1, 0.15) is 7.85 Å². The van der Waals surface area contributed by atoms with E-state index in [1.54, 1.807) is 11.3 Å². The molecule has 0 aliphatic rings. The van der Waals surface area contributed by atoms with Crippen molar-refractivity contribution in [2.24, 2.45) is 0 Å². The number of aryl methyl sites for hydroxylation is 1. The van der Waals surface area contributed by atoms with Crippen LogP contribution in [0.5, 0.6) is 0 Å². The number of hydrogen-bond donors (Lipinski definition) is 0. The van der Waals surface area contributed by atoms with Crippen molar-refractivity contribution in [1.29, 1.82) is 0 Å². The molecule has 58 valence electrons. The minimum Gasteiger partial charge on any atom is -0.144 e. The Morgan fingerprint density at radius 2 is 2.25 bits per heavy atom. The van der Waals surface area contributed by atoms with Crippen molar-refractivity contribution in [2.45, 2.75) is 13.3 Å². The average molecular weight is 172 g/mol. The van der Waals surface area contributed by atoms with Crippen LogP contribution in [0.15, 0.2) is 23.6 Å². The van der Waals surface area contributed by atoms with Gasteiger partial charge in [0.05, 0.1) is 0 Å². The van der Waals surface area contributed by atoms with Crippen LogP contribution >= 0.6 is 11.3 Å². The first-order chi connectivity index (χ1) is 5.81. The van der Waals surface area contributed by atoms with Crippen LogP contribution in [0.3, 0.4) is 0 Å². The molecule has 0 bridgehead atoms. The molecule has 0 amide bonds. The molecule has 2 radical (unpaired) electrons. The highest BCUT2D eigenvalue weighted by atomic mass is 32.1. The minimum atomic E-state index is 0.857. The van der Waals surface area contributed by atoms with E-state index in [1.807, 2.05) is 6.07 Å². The van der Waals surface area contributed by atoms with Gasteiger partial charge in [-0.1, -0.05) is 24.5 Å². The van der Waals surface area contributed by atoms with Gasteiger partial charge in [0, 0.05) is 4.70 Å². The molecule has 1 aromatic carbocycles.